The first kappa shape index (κ1) is 14.8. The summed E-state index contributed by atoms with van der Waals surface area (Å²) in [4.78, 5) is 12.2. The fraction of sp³-hybridized carbons (Fsp3) is 0.562. The van der Waals surface area contributed by atoms with Gasteiger partial charge in [0.1, 0.15) is 12.2 Å². The predicted octanol–water partition coefficient (Wildman–Crippen LogP) is 3.13. The van der Waals surface area contributed by atoms with Gasteiger partial charge in [0.2, 0.25) is 0 Å². The van der Waals surface area contributed by atoms with Crippen molar-refractivity contribution in [1.82, 2.24) is 0 Å². The van der Waals surface area contributed by atoms with Crippen LogP contribution in [0.5, 0.6) is 0 Å². The molecule has 1 aromatic carbocycles. The molecule has 1 heterocycles. The summed E-state index contributed by atoms with van der Waals surface area (Å²) in [5.41, 5.74) is 0.531. The Morgan fingerprint density at radius 3 is 2.67 bits per heavy atom. The zero-order valence-corrected chi connectivity index (χ0v) is 12.9. The van der Waals surface area contributed by atoms with E-state index in [9.17, 15) is 4.79 Å². The number of hydrogen-bond donors (Lipinski definition) is 0. The van der Waals surface area contributed by atoms with Gasteiger partial charge in [-0.3, -0.25) is 0 Å². The van der Waals surface area contributed by atoms with Gasteiger partial charge >= 0.3 is 5.97 Å². The molecule has 2 aliphatic rings. The van der Waals surface area contributed by atoms with Crippen molar-refractivity contribution in [2.24, 2.45) is 0 Å². The Kier molecular flexibility index (Phi) is 3.95. The van der Waals surface area contributed by atoms with Gasteiger partial charge in [0, 0.05) is 11.8 Å². The highest BCUT2D eigenvalue weighted by atomic mass is 35.5. The third kappa shape index (κ3) is 3.23. The van der Waals surface area contributed by atoms with E-state index in [1.165, 1.54) is 0 Å². The van der Waals surface area contributed by atoms with E-state index in [-0.39, 0.29) is 29.7 Å². The summed E-state index contributed by atoms with van der Waals surface area (Å²) in [7, 11) is 0. The van der Waals surface area contributed by atoms with Crippen LogP contribution < -0.4 is 0 Å². The molecule has 3 rings (SSSR count). The van der Waals surface area contributed by atoms with Crippen LogP contribution in [0.15, 0.2) is 30.3 Å². The van der Waals surface area contributed by atoms with Gasteiger partial charge in [-0.15, -0.1) is 11.6 Å². The van der Waals surface area contributed by atoms with E-state index in [4.69, 9.17) is 25.8 Å². The number of ether oxygens (including phenoxy) is 3. The van der Waals surface area contributed by atoms with Crippen LogP contribution in [0.25, 0.3) is 0 Å². The van der Waals surface area contributed by atoms with E-state index in [0.29, 0.717) is 12.0 Å². The van der Waals surface area contributed by atoms with E-state index < -0.39 is 5.79 Å². The molecule has 0 radical (unpaired) electrons. The Hall–Kier alpha value is -1.10. The van der Waals surface area contributed by atoms with Gasteiger partial charge in [0.05, 0.1) is 11.7 Å². The minimum atomic E-state index is -0.659. The van der Waals surface area contributed by atoms with Gasteiger partial charge in [-0.1, -0.05) is 18.2 Å². The molecule has 0 N–H and O–H groups in total. The molecule has 1 saturated heterocycles. The number of alkyl halides is 1. The van der Waals surface area contributed by atoms with Gasteiger partial charge in [-0.25, -0.2) is 4.79 Å². The highest BCUT2D eigenvalue weighted by Gasteiger charge is 2.50. The topological polar surface area (TPSA) is 44.8 Å². The number of esters is 1. The molecule has 0 bridgehead atoms. The monoisotopic (exact) mass is 310 g/mol. The Bertz CT molecular complexity index is 516. The number of benzene rings is 1. The van der Waals surface area contributed by atoms with Crippen molar-refractivity contribution in [2.75, 3.05) is 0 Å². The molecule has 3 unspecified atom stereocenters. The summed E-state index contributed by atoms with van der Waals surface area (Å²) in [5, 5.41) is -0.0719. The third-order valence-electron chi connectivity index (χ3n) is 3.83. The Balaban J connectivity index is 1.73. The lowest BCUT2D eigenvalue weighted by molar-refractivity contribution is -0.153. The SMILES string of the molecule is CC1(C)OC2CC(Cl)C[C@@H](OC(=O)c3ccccc3)C2O1. The second-order valence-electron chi connectivity index (χ2n) is 6.02. The number of carbonyl (C=O) groups is 1. The molecule has 0 amide bonds. The van der Waals surface area contributed by atoms with E-state index >= 15 is 0 Å². The molecule has 1 saturated carbocycles. The maximum atomic E-state index is 12.2. The van der Waals surface area contributed by atoms with Crippen LogP contribution >= 0.6 is 11.6 Å². The van der Waals surface area contributed by atoms with Crippen molar-refractivity contribution in [2.45, 2.75) is 56.2 Å². The van der Waals surface area contributed by atoms with Crippen LogP contribution in [0.1, 0.15) is 37.0 Å². The predicted molar refractivity (Wildman–Crippen MR) is 78.3 cm³/mol. The van der Waals surface area contributed by atoms with Crippen LogP contribution in [0.4, 0.5) is 0 Å². The number of halogens is 1. The molecule has 0 spiro atoms. The molecule has 1 aromatic rings. The quantitative estimate of drug-likeness (QED) is 0.622. The first-order chi connectivity index (χ1) is 9.94. The minimum absolute atomic E-state index is 0.0719. The summed E-state index contributed by atoms with van der Waals surface area (Å²) in [6.45, 7) is 3.73. The molecule has 1 aliphatic heterocycles. The van der Waals surface area contributed by atoms with E-state index in [0.717, 1.165) is 6.42 Å². The third-order valence-corrected chi connectivity index (χ3v) is 4.19. The molecule has 4 atom stereocenters. The molecule has 2 fully saturated rings. The van der Waals surface area contributed by atoms with Gasteiger partial charge < -0.3 is 14.2 Å². The highest BCUT2D eigenvalue weighted by molar-refractivity contribution is 6.20. The van der Waals surface area contributed by atoms with Gasteiger partial charge in [-0.05, 0) is 32.4 Å². The molecule has 4 nitrogen and oxygen atoms in total. The Morgan fingerprint density at radius 2 is 1.95 bits per heavy atom. The normalized spacial score (nSPS) is 34.2. The van der Waals surface area contributed by atoms with Crippen molar-refractivity contribution >= 4 is 17.6 Å². The van der Waals surface area contributed by atoms with E-state index in [1.54, 1.807) is 12.1 Å². The lowest BCUT2D eigenvalue weighted by Gasteiger charge is -2.33. The lowest BCUT2D eigenvalue weighted by Crippen LogP contribution is -2.45. The largest absolute Gasteiger partial charge is 0.456 e. The standard InChI is InChI=1S/C16H19ClO4/c1-16(2)20-13-9-11(17)8-12(14(13)21-16)19-15(18)10-6-4-3-5-7-10/h3-7,11-14H,8-9H2,1-2H3/t11?,12-,13?,14?/m1/s1. The fourth-order valence-corrected chi connectivity index (χ4v) is 3.34. The first-order valence-electron chi connectivity index (χ1n) is 7.20. The van der Waals surface area contributed by atoms with Crippen molar-refractivity contribution in [3.05, 3.63) is 35.9 Å². The summed E-state index contributed by atoms with van der Waals surface area (Å²) < 4.78 is 17.4. The molecule has 114 valence electrons. The molecular formula is C16H19ClO4. The maximum absolute atomic E-state index is 12.2. The number of rotatable bonds is 2. The average molecular weight is 311 g/mol. The second-order valence-corrected chi connectivity index (χ2v) is 6.63. The van der Waals surface area contributed by atoms with Crippen LogP contribution in [-0.2, 0) is 14.2 Å². The highest BCUT2D eigenvalue weighted by Crippen LogP contribution is 2.39. The van der Waals surface area contributed by atoms with Gasteiger partial charge in [0.15, 0.2) is 5.79 Å². The van der Waals surface area contributed by atoms with Gasteiger partial charge in [-0.2, -0.15) is 0 Å². The zero-order chi connectivity index (χ0) is 15.0. The van der Waals surface area contributed by atoms with Crippen LogP contribution in [0.2, 0.25) is 0 Å². The van der Waals surface area contributed by atoms with Crippen molar-refractivity contribution in [3.63, 3.8) is 0 Å². The van der Waals surface area contributed by atoms with Crippen molar-refractivity contribution < 1.29 is 19.0 Å². The van der Waals surface area contributed by atoms with Gasteiger partial charge in [0.25, 0.3) is 0 Å². The van der Waals surface area contributed by atoms with Crippen LogP contribution in [-0.4, -0.2) is 35.4 Å². The first-order valence-corrected chi connectivity index (χ1v) is 7.64. The average Bonchev–Trinajstić information content (AvgIpc) is 2.74. The summed E-state index contributed by atoms with van der Waals surface area (Å²) in [6, 6.07) is 8.94. The molecule has 0 aromatic heterocycles. The van der Waals surface area contributed by atoms with E-state index in [1.807, 2.05) is 32.0 Å². The Morgan fingerprint density at radius 1 is 1.24 bits per heavy atom. The summed E-state index contributed by atoms with van der Waals surface area (Å²) in [6.07, 6.45) is 0.559. The smallest absolute Gasteiger partial charge is 0.338 e. The molecule has 1 aliphatic carbocycles. The number of hydrogen-bond acceptors (Lipinski definition) is 4. The lowest BCUT2D eigenvalue weighted by atomic mass is 9.91. The van der Waals surface area contributed by atoms with Crippen molar-refractivity contribution in [1.29, 1.82) is 0 Å². The molecule has 5 heteroatoms. The maximum Gasteiger partial charge on any atom is 0.338 e. The molecule has 21 heavy (non-hydrogen) atoms. The van der Waals surface area contributed by atoms with Crippen LogP contribution in [0, 0.1) is 0 Å². The summed E-state index contributed by atoms with van der Waals surface area (Å²) in [5.74, 6) is -1.01. The van der Waals surface area contributed by atoms with Crippen molar-refractivity contribution in [3.8, 4) is 0 Å². The minimum Gasteiger partial charge on any atom is -0.456 e. The Labute approximate surface area is 129 Å². The number of carbonyl (C=O) groups excluding carboxylic acids is 1. The van der Waals surface area contributed by atoms with Crippen LogP contribution in [0.3, 0.4) is 0 Å². The molecular weight excluding hydrogens is 292 g/mol. The zero-order valence-electron chi connectivity index (χ0n) is 12.1. The van der Waals surface area contributed by atoms with E-state index in [2.05, 4.69) is 0 Å². The summed E-state index contributed by atoms with van der Waals surface area (Å²) >= 11 is 6.27. The second kappa shape index (κ2) is 5.59. The number of fused-ring (bicyclic) bond motifs is 1. The fourth-order valence-electron chi connectivity index (χ4n) is 2.99.